The minimum Gasteiger partial charge on any atom is -0.336 e. The third-order valence-electron chi connectivity index (χ3n) is 2.91. The first-order chi connectivity index (χ1) is 9.60. The molecule has 1 amide bonds. The van der Waals surface area contributed by atoms with Crippen molar-refractivity contribution in [3.05, 3.63) is 55.5 Å². The second-order valence-corrected chi connectivity index (χ2v) is 6.25. The lowest BCUT2D eigenvalue weighted by Gasteiger charge is -2.20. The number of hydrogen-bond acceptors (Lipinski definition) is 3. The van der Waals surface area contributed by atoms with Crippen LogP contribution in [0.5, 0.6) is 0 Å². The summed E-state index contributed by atoms with van der Waals surface area (Å²) in [5.74, 6) is -0.0545. The van der Waals surface area contributed by atoms with Gasteiger partial charge in [0.25, 0.3) is 5.56 Å². The van der Waals surface area contributed by atoms with E-state index in [4.69, 9.17) is 0 Å². The van der Waals surface area contributed by atoms with Gasteiger partial charge in [0.1, 0.15) is 6.54 Å². The average Bonchev–Trinajstić information content (AvgIpc) is 2.93. The van der Waals surface area contributed by atoms with Crippen LogP contribution in [0, 0.1) is 0 Å². The minimum absolute atomic E-state index is 0.0545. The van der Waals surface area contributed by atoms with Crippen LogP contribution in [0.1, 0.15) is 11.8 Å². The molecule has 0 N–H and O–H groups in total. The Hall–Kier alpha value is -1.40. The molecule has 0 spiro atoms. The number of aromatic nitrogens is 1. The van der Waals surface area contributed by atoms with Gasteiger partial charge in [-0.1, -0.05) is 6.07 Å². The standard InChI is InChI=1S/C14H15BrN2O2S/c1-2-16(9-12-4-3-7-20-12)14(19)10-17-8-11(15)5-6-13(17)18/h3-8H,2,9-10H2,1H3. The summed E-state index contributed by atoms with van der Waals surface area (Å²) in [6.07, 6.45) is 1.64. The number of pyridine rings is 1. The molecule has 4 nitrogen and oxygen atoms in total. The van der Waals surface area contributed by atoms with E-state index >= 15 is 0 Å². The van der Waals surface area contributed by atoms with Crippen LogP contribution in [0.25, 0.3) is 0 Å². The monoisotopic (exact) mass is 354 g/mol. The molecule has 0 atom stereocenters. The zero-order valence-corrected chi connectivity index (χ0v) is 13.5. The van der Waals surface area contributed by atoms with E-state index in [1.165, 1.54) is 10.6 Å². The van der Waals surface area contributed by atoms with Gasteiger partial charge in [0.15, 0.2) is 0 Å². The van der Waals surface area contributed by atoms with Crippen molar-refractivity contribution in [2.24, 2.45) is 0 Å². The van der Waals surface area contributed by atoms with E-state index in [1.807, 2.05) is 24.4 Å². The van der Waals surface area contributed by atoms with Crippen molar-refractivity contribution in [3.63, 3.8) is 0 Å². The molecule has 20 heavy (non-hydrogen) atoms. The summed E-state index contributed by atoms with van der Waals surface area (Å²) >= 11 is 4.93. The molecule has 0 saturated carbocycles. The van der Waals surface area contributed by atoms with Crippen molar-refractivity contribution in [3.8, 4) is 0 Å². The van der Waals surface area contributed by atoms with Gasteiger partial charge in [0, 0.05) is 28.2 Å². The Balaban J connectivity index is 2.09. The van der Waals surface area contributed by atoms with Gasteiger partial charge in [-0.2, -0.15) is 0 Å². The van der Waals surface area contributed by atoms with Crippen LogP contribution >= 0.6 is 27.3 Å². The SMILES string of the molecule is CCN(Cc1cccs1)C(=O)Cn1cc(Br)ccc1=O. The number of carbonyl (C=O) groups excluding carboxylic acids is 1. The fourth-order valence-corrected chi connectivity index (χ4v) is 2.94. The first kappa shape index (κ1) is 15.0. The van der Waals surface area contributed by atoms with Crippen LogP contribution in [0.15, 0.2) is 45.1 Å². The summed E-state index contributed by atoms with van der Waals surface area (Å²) in [7, 11) is 0. The molecule has 2 aromatic rings. The van der Waals surface area contributed by atoms with E-state index < -0.39 is 0 Å². The Bertz CT molecular complexity index is 637. The molecule has 0 bridgehead atoms. The number of rotatable bonds is 5. The molecule has 0 aliphatic rings. The molecule has 106 valence electrons. The number of halogens is 1. The highest BCUT2D eigenvalue weighted by Gasteiger charge is 2.14. The molecule has 2 aromatic heterocycles. The first-order valence-corrected chi connectivity index (χ1v) is 7.93. The zero-order chi connectivity index (χ0) is 14.5. The number of amides is 1. The molecule has 0 fully saturated rings. The molecular weight excluding hydrogens is 340 g/mol. The lowest BCUT2D eigenvalue weighted by Crippen LogP contribution is -2.35. The summed E-state index contributed by atoms with van der Waals surface area (Å²) < 4.78 is 2.20. The Morgan fingerprint density at radius 2 is 2.20 bits per heavy atom. The normalized spacial score (nSPS) is 10.5. The number of hydrogen-bond donors (Lipinski definition) is 0. The molecule has 0 unspecified atom stereocenters. The van der Waals surface area contributed by atoms with Crippen LogP contribution in [-0.2, 0) is 17.9 Å². The fourth-order valence-electron chi connectivity index (χ4n) is 1.84. The van der Waals surface area contributed by atoms with Gasteiger partial charge in [-0.3, -0.25) is 9.59 Å². The summed E-state index contributed by atoms with van der Waals surface area (Å²) in [5.41, 5.74) is -0.172. The van der Waals surface area contributed by atoms with Crippen molar-refractivity contribution in [2.75, 3.05) is 6.54 Å². The predicted octanol–water partition coefficient (Wildman–Crippen LogP) is 2.72. The van der Waals surface area contributed by atoms with Crippen molar-refractivity contribution in [1.82, 2.24) is 9.47 Å². The number of nitrogens with zero attached hydrogens (tertiary/aromatic N) is 2. The Kier molecular flexibility index (Phi) is 5.14. The average molecular weight is 355 g/mol. The third-order valence-corrected chi connectivity index (χ3v) is 4.24. The van der Waals surface area contributed by atoms with Crippen LogP contribution in [-0.4, -0.2) is 21.9 Å². The van der Waals surface area contributed by atoms with Gasteiger partial charge in [0.2, 0.25) is 5.91 Å². The fraction of sp³-hybridized carbons (Fsp3) is 0.286. The van der Waals surface area contributed by atoms with Gasteiger partial charge in [0.05, 0.1) is 6.54 Å². The summed E-state index contributed by atoms with van der Waals surface area (Å²) in [5, 5.41) is 1.99. The largest absolute Gasteiger partial charge is 0.336 e. The molecule has 2 heterocycles. The van der Waals surface area contributed by atoms with Crippen LogP contribution in [0.4, 0.5) is 0 Å². The Morgan fingerprint density at radius 3 is 2.85 bits per heavy atom. The van der Waals surface area contributed by atoms with Crippen LogP contribution < -0.4 is 5.56 Å². The van der Waals surface area contributed by atoms with Crippen LogP contribution in [0.2, 0.25) is 0 Å². The van der Waals surface area contributed by atoms with Crippen molar-refractivity contribution in [2.45, 2.75) is 20.0 Å². The van der Waals surface area contributed by atoms with Gasteiger partial charge in [-0.05, 0) is 40.4 Å². The maximum absolute atomic E-state index is 12.3. The molecular formula is C14H15BrN2O2S. The highest BCUT2D eigenvalue weighted by Crippen LogP contribution is 2.12. The smallest absolute Gasteiger partial charge is 0.251 e. The zero-order valence-electron chi connectivity index (χ0n) is 11.1. The molecule has 6 heteroatoms. The van der Waals surface area contributed by atoms with Gasteiger partial charge in [-0.25, -0.2) is 0 Å². The lowest BCUT2D eigenvalue weighted by atomic mass is 10.3. The maximum atomic E-state index is 12.3. The van der Waals surface area contributed by atoms with E-state index in [-0.39, 0.29) is 18.0 Å². The van der Waals surface area contributed by atoms with Gasteiger partial charge >= 0.3 is 0 Å². The third kappa shape index (κ3) is 3.80. The lowest BCUT2D eigenvalue weighted by molar-refractivity contribution is -0.132. The number of likely N-dealkylation sites (N-methyl/N-ethyl adjacent to an activating group) is 1. The van der Waals surface area contributed by atoms with Crippen molar-refractivity contribution < 1.29 is 4.79 Å². The second kappa shape index (κ2) is 6.85. The molecule has 0 radical (unpaired) electrons. The van der Waals surface area contributed by atoms with E-state index in [0.717, 1.165) is 9.35 Å². The molecule has 0 saturated heterocycles. The maximum Gasteiger partial charge on any atom is 0.251 e. The number of carbonyl (C=O) groups is 1. The van der Waals surface area contributed by atoms with Crippen molar-refractivity contribution >= 4 is 33.2 Å². The molecule has 0 aromatic carbocycles. The number of thiophene rings is 1. The topological polar surface area (TPSA) is 42.3 Å². The first-order valence-electron chi connectivity index (χ1n) is 6.26. The van der Waals surface area contributed by atoms with Crippen LogP contribution in [0.3, 0.4) is 0 Å². The highest BCUT2D eigenvalue weighted by atomic mass is 79.9. The molecule has 0 aliphatic carbocycles. The highest BCUT2D eigenvalue weighted by molar-refractivity contribution is 9.10. The minimum atomic E-state index is -0.172. The molecule has 2 rings (SSSR count). The summed E-state index contributed by atoms with van der Waals surface area (Å²) in [6.45, 7) is 3.22. The second-order valence-electron chi connectivity index (χ2n) is 4.30. The van der Waals surface area contributed by atoms with E-state index in [2.05, 4.69) is 15.9 Å². The van der Waals surface area contributed by atoms with Gasteiger partial charge in [-0.15, -0.1) is 11.3 Å². The molecule has 0 aliphatic heterocycles. The van der Waals surface area contributed by atoms with E-state index in [0.29, 0.717) is 13.1 Å². The van der Waals surface area contributed by atoms with Crippen molar-refractivity contribution in [1.29, 1.82) is 0 Å². The Labute approximate surface area is 129 Å². The van der Waals surface area contributed by atoms with Gasteiger partial charge < -0.3 is 9.47 Å². The van der Waals surface area contributed by atoms with E-state index in [9.17, 15) is 9.59 Å². The van der Waals surface area contributed by atoms with E-state index in [1.54, 1.807) is 28.5 Å². The Morgan fingerprint density at radius 1 is 1.40 bits per heavy atom. The quantitative estimate of drug-likeness (QED) is 0.828. The predicted molar refractivity (Wildman–Crippen MR) is 83.8 cm³/mol. The summed E-state index contributed by atoms with van der Waals surface area (Å²) in [6, 6.07) is 7.10. The summed E-state index contributed by atoms with van der Waals surface area (Å²) in [4.78, 5) is 26.9.